The predicted molar refractivity (Wildman–Crippen MR) is 92.9 cm³/mol. The number of anilines is 2. The van der Waals surface area contributed by atoms with Crippen molar-refractivity contribution in [3.63, 3.8) is 0 Å². The predicted octanol–water partition coefficient (Wildman–Crippen LogP) is 2.71. The molecule has 0 amide bonds. The van der Waals surface area contributed by atoms with E-state index in [9.17, 15) is 9.59 Å². The van der Waals surface area contributed by atoms with Crippen molar-refractivity contribution in [3.8, 4) is 11.1 Å². The number of carbonyl (C=O) groups excluding carboxylic acids is 2. The van der Waals surface area contributed by atoms with Crippen LogP contribution in [0.3, 0.4) is 0 Å². The van der Waals surface area contributed by atoms with Gasteiger partial charge in [0.2, 0.25) is 0 Å². The molecule has 0 atom stereocenters. The molecule has 0 saturated carbocycles. The third kappa shape index (κ3) is 3.03. The van der Waals surface area contributed by atoms with Gasteiger partial charge in [0.25, 0.3) is 0 Å². The second-order valence-electron chi connectivity index (χ2n) is 5.50. The van der Waals surface area contributed by atoms with Gasteiger partial charge in [-0.2, -0.15) is 0 Å². The van der Waals surface area contributed by atoms with Crippen LogP contribution >= 0.6 is 0 Å². The van der Waals surface area contributed by atoms with Crippen LogP contribution in [0.25, 0.3) is 11.1 Å². The molecule has 126 valence electrons. The van der Waals surface area contributed by atoms with Crippen molar-refractivity contribution in [2.75, 3.05) is 25.7 Å². The first-order valence-corrected chi connectivity index (χ1v) is 7.27. The first kappa shape index (κ1) is 17.3. The minimum absolute atomic E-state index is 0.285. The zero-order valence-electron chi connectivity index (χ0n) is 14.1. The highest BCUT2D eigenvalue weighted by Crippen LogP contribution is 2.36. The number of nitrogen functional groups attached to an aromatic ring is 2. The van der Waals surface area contributed by atoms with Gasteiger partial charge in [-0.3, -0.25) is 0 Å². The average molecular weight is 328 g/mol. The van der Waals surface area contributed by atoms with Gasteiger partial charge in [-0.1, -0.05) is 0 Å². The van der Waals surface area contributed by atoms with Crippen molar-refractivity contribution in [2.24, 2.45) is 0 Å². The van der Waals surface area contributed by atoms with Crippen LogP contribution in [-0.2, 0) is 9.47 Å². The Morgan fingerprint density at radius 2 is 1.08 bits per heavy atom. The van der Waals surface area contributed by atoms with Gasteiger partial charge in [0, 0.05) is 22.5 Å². The Morgan fingerprint density at radius 1 is 0.750 bits per heavy atom. The van der Waals surface area contributed by atoms with E-state index in [1.807, 2.05) is 13.8 Å². The van der Waals surface area contributed by atoms with Gasteiger partial charge in [-0.25, -0.2) is 9.59 Å². The largest absolute Gasteiger partial charge is 0.465 e. The molecule has 2 aromatic carbocycles. The molecule has 6 heteroatoms. The zero-order chi connectivity index (χ0) is 18.0. The van der Waals surface area contributed by atoms with Gasteiger partial charge >= 0.3 is 11.9 Å². The second-order valence-corrected chi connectivity index (χ2v) is 5.50. The molecule has 0 unspecified atom stereocenters. The molecule has 2 rings (SSSR count). The van der Waals surface area contributed by atoms with Gasteiger partial charge in [0.1, 0.15) is 0 Å². The number of esters is 2. The molecule has 0 aliphatic carbocycles. The molecule has 6 nitrogen and oxygen atoms in total. The molecule has 0 aliphatic rings. The van der Waals surface area contributed by atoms with E-state index in [1.165, 1.54) is 26.4 Å². The third-order valence-corrected chi connectivity index (χ3v) is 3.78. The molecule has 2 aromatic rings. The number of rotatable bonds is 3. The molecule has 0 fully saturated rings. The average Bonchev–Trinajstić information content (AvgIpc) is 2.53. The fraction of sp³-hybridized carbons (Fsp3) is 0.222. The molecular weight excluding hydrogens is 308 g/mol. The molecule has 0 bridgehead atoms. The lowest BCUT2D eigenvalue weighted by Gasteiger charge is -2.18. The molecule has 0 aromatic heterocycles. The maximum Gasteiger partial charge on any atom is 0.338 e. The molecule has 4 N–H and O–H groups in total. The third-order valence-electron chi connectivity index (χ3n) is 3.78. The Bertz CT molecular complexity index is 759. The summed E-state index contributed by atoms with van der Waals surface area (Å²) in [4.78, 5) is 24.4. The summed E-state index contributed by atoms with van der Waals surface area (Å²) < 4.78 is 9.73. The van der Waals surface area contributed by atoms with Crippen molar-refractivity contribution in [1.29, 1.82) is 0 Å². The van der Waals surface area contributed by atoms with Crippen LogP contribution in [0.5, 0.6) is 0 Å². The van der Waals surface area contributed by atoms with E-state index in [2.05, 4.69) is 0 Å². The summed E-state index contributed by atoms with van der Waals surface area (Å²) >= 11 is 0. The summed E-state index contributed by atoms with van der Waals surface area (Å²) in [5.41, 5.74) is 15.8. The number of aryl methyl sites for hydroxylation is 2. The number of carbonyl (C=O) groups is 2. The summed E-state index contributed by atoms with van der Waals surface area (Å²) in [6, 6.07) is 6.54. The summed E-state index contributed by atoms with van der Waals surface area (Å²) in [5.74, 6) is -1.07. The maximum atomic E-state index is 12.2. The van der Waals surface area contributed by atoms with Crippen LogP contribution in [0.15, 0.2) is 24.3 Å². The lowest BCUT2D eigenvalue weighted by Crippen LogP contribution is -2.11. The molecule has 0 spiro atoms. The lowest BCUT2D eigenvalue weighted by molar-refractivity contribution is 0.0590. The molecule has 24 heavy (non-hydrogen) atoms. The van der Waals surface area contributed by atoms with E-state index in [0.717, 1.165) is 11.1 Å². The fourth-order valence-corrected chi connectivity index (χ4v) is 2.84. The van der Waals surface area contributed by atoms with Crippen molar-refractivity contribution in [2.45, 2.75) is 13.8 Å². The monoisotopic (exact) mass is 328 g/mol. The minimum atomic E-state index is -0.535. The van der Waals surface area contributed by atoms with E-state index in [1.54, 1.807) is 12.1 Å². The lowest BCUT2D eigenvalue weighted by atomic mass is 9.87. The van der Waals surface area contributed by atoms with Gasteiger partial charge < -0.3 is 20.9 Å². The topological polar surface area (TPSA) is 105 Å². The quantitative estimate of drug-likeness (QED) is 0.663. The molecule has 0 radical (unpaired) electrons. The van der Waals surface area contributed by atoms with Crippen molar-refractivity contribution in [1.82, 2.24) is 0 Å². The molecule has 0 heterocycles. The fourth-order valence-electron chi connectivity index (χ4n) is 2.84. The van der Waals surface area contributed by atoms with Crippen LogP contribution in [0.4, 0.5) is 11.4 Å². The number of ether oxygens (including phenoxy) is 2. The van der Waals surface area contributed by atoms with E-state index in [-0.39, 0.29) is 11.1 Å². The first-order valence-electron chi connectivity index (χ1n) is 7.27. The number of hydrogen-bond donors (Lipinski definition) is 2. The number of hydrogen-bond acceptors (Lipinski definition) is 6. The Morgan fingerprint density at radius 3 is 1.38 bits per heavy atom. The van der Waals surface area contributed by atoms with Crippen molar-refractivity contribution >= 4 is 23.3 Å². The van der Waals surface area contributed by atoms with Crippen molar-refractivity contribution in [3.05, 3.63) is 46.5 Å². The van der Waals surface area contributed by atoms with E-state index >= 15 is 0 Å². The van der Waals surface area contributed by atoms with E-state index in [4.69, 9.17) is 20.9 Å². The summed E-state index contributed by atoms with van der Waals surface area (Å²) in [6.07, 6.45) is 0. The van der Waals surface area contributed by atoms with E-state index < -0.39 is 11.9 Å². The normalized spacial score (nSPS) is 10.3. The summed E-state index contributed by atoms with van der Waals surface area (Å²) in [5, 5.41) is 0. The highest BCUT2D eigenvalue weighted by Gasteiger charge is 2.24. The second kappa shape index (κ2) is 6.62. The van der Waals surface area contributed by atoms with Gasteiger partial charge in [-0.05, 0) is 49.2 Å². The van der Waals surface area contributed by atoms with Crippen LogP contribution < -0.4 is 11.5 Å². The molecule has 0 saturated heterocycles. The van der Waals surface area contributed by atoms with Gasteiger partial charge in [0.05, 0.1) is 25.3 Å². The smallest absolute Gasteiger partial charge is 0.338 e. The van der Waals surface area contributed by atoms with Crippen molar-refractivity contribution < 1.29 is 19.1 Å². The highest BCUT2D eigenvalue weighted by atomic mass is 16.5. The Balaban J connectivity index is 2.91. The SMILES string of the molecule is COC(=O)c1cc(N)cc(C)c1-c1c(C)cc(N)cc1C(=O)OC. The van der Waals surface area contributed by atoms with Crippen LogP contribution in [0.1, 0.15) is 31.8 Å². The minimum Gasteiger partial charge on any atom is -0.465 e. The van der Waals surface area contributed by atoms with Crippen LogP contribution in [0, 0.1) is 13.8 Å². The summed E-state index contributed by atoms with van der Waals surface area (Å²) in [6.45, 7) is 3.63. The van der Waals surface area contributed by atoms with Gasteiger partial charge in [0.15, 0.2) is 0 Å². The zero-order valence-corrected chi connectivity index (χ0v) is 14.1. The number of benzene rings is 2. The molecule has 0 aliphatic heterocycles. The van der Waals surface area contributed by atoms with Crippen LogP contribution in [-0.4, -0.2) is 26.2 Å². The standard InChI is InChI=1S/C18H20N2O4/c1-9-5-11(19)7-13(17(21)23-3)15(9)16-10(2)6-12(20)8-14(16)18(22)24-4/h5-8H,19-20H2,1-4H3. The Hall–Kier alpha value is -3.02. The first-order chi connectivity index (χ1) is 11.3. The summed E-state index contributed by atoms with van der Waals surface area (Å²) in [7, 11) is 2.59. The number of nitrogens with two attached hydrogens (primary N) is 2. The Labute approximate surface area is 140 Å². The van der Waals surface area contributed by atoms with E-state index in [0.29, 0.717) is 22.5 Å². The Kier molecular flexibility index (Phi) is 4.78. The van der Waals surface area contributed by atoms with Gasteiger partial charge in [-0.15, -0.1) is 0 Å². The highest BCUT2D eigenvalue weighted by molar-refractivity contribution is 6.06. The van der Waals surface area contributed by atoms with Crippen LogP contribution in [0.2, 0.25) is 0 Å². The molecular formula is C18H20N2O4. The maximum absolute atomic E-state index is 12.2. The number of methoxy groups -OCH3 is 2.